The molecule has 10 nitrogen and oxygen atoms in total. The van der Waals surface area contributed by atoms with Crippen molar-refractivity contribution in [3.05, 3.63) is 22.3 Å². The van der Waals surface area contributed by atoms with E-state index < -0.39 is 26.1 Å². The van der Waals surface area contributed by atoms with Gasteiger partial charge in [0.05, 0.1) is 11.7 Å². The Bertz CT molecular complexity index is 862. The lowest BCUT2D eigenvalue weighted by Gasteiger charge is -2.22. The molecule has 0 radical (unpaired) electrons. The first-order chi connectivity index (χ1) is 14.2. The summed E-state index contributed by atoms with van der Waals surface area (Å²) >= 11 is 0. The molecule has 0 aromatic rings. The van der Waals surface area contributed by atoms with E-state index in [-0.39, 0.29) is 25.4 Å². The number of carbonyl (C=O) groups excluding carboxylic acids is 2. The third-order valence-electron chi connectivity index (χ3n) is 3.53. The molecule has 11 heteroatoms. The molecular weight excluding hydrogens is 400 g/mol. The van der Waals surface area contributed by atoms with E-state index in [4.69, 9.17) is 18.4 Å². The normalized spacial score (nSPS) is 14.6. The zero-order valence-corrected chi connectivity index (χ0v) is 18.3. The second-order valence-electron chi connectivity index (χ2n) is 7.39. The lowest BCUT2D eigenvalue weighted by molar-refractivity contribution is -0.124. The zero-order valence-electron chi connectivity index (χ0n) is 17.3. The summed E-state index contributed by atoms with van der Waals surface area (Å²) in [4.78, 5) is 26.7. The molecule has 1 aliphatic rings. The molecule has 0 saturated heterocycles. The maximum Gasteiger partial charge on any atom is 0.239 e. The van der Waals surface area contributed by atoms with E-state index in [0.717, 1.165) is 0 Å². The van der Waals surface area contributed by atoms with Gasteiger partial charge in [-0.3, -0.25) is 9.59 Å². The average Bonchev–Trinajstić information content (AvgIpc) is 3.12. The van der Waals surface area contributed by atoms with Crippen LogP contribution in [0.1, 0.15) is 12.8 Å². The van der Waals surface area contributed by atoms with Gasteiger partial charge in [0.15, 0.2) is 0 Å². The first-order valence-electron chi connectivity index (χ1n) is 9.18. The quantitative estimate of drug-likeness (QED) is 0.139. The SMILES string of the molecule is C#CCC(C#C[Si](C)(C)C)NC(=O)CN1NC=C(C(CC#C)NC(=O)CN=[N+]=[N-])N1. The first-order valence-corrected chi connectivity index (χ1v) is 12.7. The van der Waals surface area contributed by atoms with E-state index in [1.54, 1.807) is 6.20 Å². The minimum absolute atomic E-state index is 0.0366. The van der Waals surface area contributed by atoms with Crippen LogP contribution in [0, 0.1) is 36.2 Å². The van der Waals surface area contributed by atoms with Crippen molar-refractivity contribution in [2.75, 3.05) is 13.1 Å². The summed E-state index contributed by atoms with van der Waals surface area (Å²) in [7, 11) is -1.59. The average molecular weight is 427 g/mol. The van der Waals surface area contributed by atoms with Crippen LogP contribution in [0.4, 0.5) is 0 Å². The van der Waals surface area contributed by atoms with Gasteiger partial charge >= 0.3 is 0 Å². The third-order valence-corrected chi connectivity index (χ3v) is 4.42. The fourth-order valence-electron chi connectivity index (χ4n) is 2.27. The summed E-state index contributed by atoms with van der Waals surface area (Å²) in [6, 6.07) is -0.952. The molecule has 0 aliphatic carbocycles. The Morgan fingerprint density at radius 3 is 2.57 bits per heavy atom. The molecule has 1 aliphatic heterocycles. The van der Waals surface area contributed by atoms with Gasteiger partial charge < -0.3 is 21.5 Å². The summed E-state index contributed by atoms with van der Waals surface area (Å²) in [5, 5.41) is 10.1. The summed E-state index contributed by atoms with van der Waals surface area (Å²) < 4.78 is 0. The van der Waals surface area contributed by atoms with E-state index in [1.807, 2.05) is 0 Å². The number of rotatable bonds is 9. The molecule has 0 fully saturated rings. The van der Waals surface area contributed by atoms with E-state index in [2.05, 4.69) is 74.5 Å². The number of hydrazine groups is 2. The van der Waals surface area contributed by atoms with Crippen LogP contribution in [0.3, 0.4) is 0 Å². The van der Waals surface area contributed by atoms with Gasteiger partial charge in [0.1, 0.15) is 27.2 Å². The van der Waals surface area contributed by atoms with Gasteiger partial charge in [-0.2, -0.15) is 0 Å². The molecule has 1 rings (SSSR count). The Morgan fingerprint density at radius 1 is 1.27 bits per heavy atom. The predicted octanol–water partition coefficient (Wildman–Crippen LogP) is 0.360. The van der Waals surface area contributed by atoms with Gasteiger partial charge in [0.2, 0.25) is 11.8 Å². The molecule has 1 heterocycles. The summed E-state index contributed by atoms with van der Waals surface area (Å²) in [5.41, 5.74) is 17.9. The lowest BCUT2D eigenvalue weighted by atomic mass is 10.1. The van der Waals surface area contributed by atoms with Crippen molar-refractivity contribution in [3.8, 4) is 36.2 Å². The first kappa shape index (κ1) is 24.5. The summed E-state index contributed by atoms with van der Waals surface area (Å²) in [5.74, 6) is 7.31. The molecule has 2 amide bonds. The number of azide groups is 1. The summed E-state index contributed by atoms with van der Waals surface area (Å²) in [6.07, 6.45) is 12.9. The Balaban J connectivity index is 2.64. The molecule has 0 spiro atoms. The molecule has 0 aromatic carbocycles. The second-order valence-corrected chi connectivity index (χ2v) is 12.1. The molecule has 30 heavy (non-hydrogen) atoms. The summed E-state index contributed by atoms with van der Waals surface area (Å²) in [6.45, 7) is 5.96. The molecule has 2 atom stereocenters. The van der Waals surface area contributed by atoms with Crippen molar-refractivity contribution in [1.82, 2.24) is 26.6 Å². The highest BCUT2D eigenvalue weighted by molar-refractivity contribution is 6.83. The monoisotopic (exact) mass is 426 g/mol. The molecule has 2 unspecified atom stereocenters. The van der Waals surface area contributed by atoms with Gasteiger partial charge in [0, 0.05) is 24.0 Å². The van der Waals surface area contributed by atoms with Crippen LogP contribution in [0.15, 0.2) is 17.0 Å². The van der Waals surface area contributed by atoms with Crippen molar-refractivity contribution in [1.29, 1.82) is 0 Å². The number of hydrogen-bond donors (Lipinski definition) is 4. The third kappa shape index (κ3) is 9.58. The van der Waals surface area contributed by atoms with Gasteiger partial charge in [-0.1, -0.05) is 30.7 Å². The Morgan fingerprint density at radius 2 is 1.97 bits per heavy atom. The van der Waals surface area contributed by atoms with E-state index >= 15 is 0 Å². The highest BCUT2D eigenvalue weighted by atomic mass is 28.3. The molecule has 0 aromatic heterocycles. The van der Waals surface area contributed by atoms with Crippen LogP contribution in [0.5, 0.6) is 0 Å². The highest BCUT2D eigenvalue weighted by Gasteiger charge is 2.24. The maximum atomic E-state index is 12.4. The second kappa shape index (κ2) is 12.1. The lowest BCUT2D eigenvalue weighted by Crippen LogP contribution is -2.50. The largest absolute Gasteiger partial charge is 0.347 e. The predicted molar refractivity (Wildman–Crippen MR) is 117 cm³/mol. The van der Waals surface area contributed by atoms with Crippen LogP contribution >= 0.6 is 0 Å². The van der Waals surface area contributed by atoms with Gasteiger partial charge in [-0.05, 0) is 5.53 Å². The molecule has 158 valence electrons. The Hall–Kier alpha value is -3.55. The standard InChI is InChI=1S/C19H26N8O2Si/c1-6-8-15(10-11-30(3,4)5)23-19(29)14-27-22-12-17(25-27)16(9-7-2)24-18(28)13-21-26-20/h1-2,12,15-16,22,25H,8-9,13-14H2,3-5H3,(H,23,29)(H,24,28). The van der Waals surface area contributed by atoms with E-state index in [9.17, 15) is 9.59 Å². The maximum absolute atomic E-state index is 12.4. The number of nitrogens with zero attached hydrogens (tertiary/aromatic N) is 4. The van der Waals surface area contributed by atoms with Crippen molar-refractivity contribution in [2.24, 2.45) is 5.11 Å². The highest BCUT2D eigenvalue weighted by Crippen LogP contribution is 2.07. The van der Waals surface area contributed by atoms with Crippen molar-refractivity contribution in [2.45, 2.75) is 44.6 Å². The van der Waals surface area contributed by atoms with Crippen molar-refractivity contribution < 1.29 is 9.59 Å². The minimum Gasteiger partial charge on any atom is -0.347 e. The smallest absolute Gasteiger partial charge is 0.239 e. The van der Waals surface area contributed by atoms with Crippen LogP contribution in [-0.2, 0) is 9.59 Å². The zero-order chi connectivity index (χ0) is 22.6. The Labute approximate surface area is 177 Å². The van der Waals surface area contributed by atoms with E-state index in [0.29, 0.717) is 12.1 Å². The number of amides is 2. The van der Waals surface area contributed by atoms with Gasteiger partial charge in [-0.15, -0.1) is 35.3 Å². The van der Waals surface area contributed by atoms with Crippen LogP contribution in [-0.4, -0.2) is 50.2 Å². The van der Waals surface area contributed by atoms with Gasteiger partial charge in [0.25, 0.3) is 0 Å². The topological polar surface area (TPSA) is 134 Å². The fraction of sp³-hybridized carbons (Fsp3) is 0.474. The van der Waals surface area contributed by atoms with Crippen molar-refractivity contribution >= 4 is 19.9 Å². The molecule has 0 bridgehead atoms. The Kier molecular flexibility index (Phi) is 9.88. The van der Waals surface area contributed by atoms with E-state index in [1.165, 1.54) is 5.12 Å². The van der Waals surface area contributed by atoms with Crippen LogP contribution in [0.2, 0.25) is 19.6 Å². The minimum atomic E-state index is -1.59. The van der Waals surface area contributed by atoms with Gasteiger partial charge in [-0.25, -0.2) is 0 Å². The fourth-order valence-corrected chi connectivity index (χ4v) is 2.87. The number of terminal acetylenes is 2. The van der Waals surface area contributed by atoms with Crippen LogP contribution in [0.25, 0.3) is 10.4 Å². The number of carbonyl (C=O) groups is 2. The number of hydrogen-bond acceptors (Lipinski definition) is 6. The molecule has 4 N–H and O–H groups in total. The molecular formula is C19H26N8O2Si. The number of nitrogens with one attached hydrogen (secondary N) is 4. The molecule has 0 saturated carbocycles. The van der Waals surface area contributed by atoms with Crippen molar-refractivity contribution in [3.63, 3.8) is 0 Å². The van der Waals surface area contributed by atoms with Crippen LogP contribution < -0.4 is 21.5 Å².